The number of carbonyl (C=O) groups is 2. The summed E-state index contributed by atoms with van der Waals surface area (Å²) < 4.78 is 0. The first-order valence-electron chi connectivity index (χ1n) is 7.60. The van der Waals surface area contributed by atoms with Crippen molar-refractivity contribution in [2.45, 2.75) is 64.7 Å². The third-order valence-electron chi connectivity index (χ3n) is 4.17. The maximum absolute atomic E-state index is 11.7. The quantitative estimate of drug-likeness (QED) is 0.676. The van der Waals surface area contributed by atoms with Crippen molar-refractivity contribution in [1.82, 2.24) is 5.32 Å². The summed E-state index contributed by atoms with van der Waals surface area (Å²) in [5.74, 6) is 0.431. The van der Waals surface area contributed by atoms with E-state index in [-0.39, 0.29) is 12.3 Å². The second-order valence-corrected chi connectivity index (χ2v) is 5.70. The molecule has 0 saturated heterocycles. The topological polar surface area (TPSA) is 66.4 Å². The van der Waals surface area contributed by atoms with Crippen LogP contribution in [0.15, 0.2) is 0 Å². The first kappa shape index (κ1) is 16.0. The number of carboxylic acids is 1. The van der Waals surface area contributed by atoms with Gasteiger partial charge in [0.1, 0.15) is 0 Å². The molecule has 4 heteroatoms. The van der Waals surface area contributed by atoms with Crippen molar-refractivity contribution >= 4 is 11.9 Å². The van der Waals surface area contributed by atoms with Crippen LogP contribution < -0.4 is 5.32 Å². The Labute approximate surface area is 116 Å². The minimum absolute atomic E-state index is 0.167. The van der Waals surface area contributed by atoms with E-state index in [4.69, 9.17) is 5.11 Å². The lowest BCUT2D eigenvalue weighted by atomic mass is 9.96. The van der Waals surface area contributed by atoms with E-state index in [1.807, 2.05) is 0 Å². The number of carboxylic acid groups (broad SMARTS) is 1. The van der Waals surface area contributed by atoms with Gasteiger partial charge in [-0.15, -0.1) is 0 Å². The smallest absolute Gasteiger partial charge is 0.303 e. The molecule has 1 saturated carbocycles. The Morgan fingerprint density at radius 2 is 1.95 bits per heavy atom. The Morgan fingerprint density at radius 1 is 1.26 bits per heavy atom. The average molecular weight is 269 g/mol. The molecule has 0 heterocycles. The van der Waals surface area contributed by atoms with Crippen molar-refractivity contribution in [1.29, 1.82) is 0 Å². The standard InChI is InChI=1S/C15H27NO3/c1-2-12(7-8-15(18)19)9-10-16-14(17)11-13-5-3-4-6-13/h12-13H,2-11H2,1H3,(H,16,17)(H,18,19). The fraction of sp³-hybridized carbons (Fsp3) is 0.867. The minimum Gasteiger partial charge on any atom is -0.481 e. The third kappa shape index (κ3) is 7.19. The summed E-state index contributed by atoms with van der Waals surface area (Å²) in [6.07, 6.45) is 8.42. The molecule has 4 nitrogen and oxygen atoms in total. The lowest BCUT2D eigenvalue weighted by Crippen LogP contribution is -2.27. The molecule has 0 spiro atoms. The van der Waals surface area contributed by atoms with Gasteiger partial charge < -0.3 is 10.4 Å². The number of nitrogens with one attached hydrogen (secondary N) is 1. The Kier molecular flexibility index (Phi) is 7.53. The number of amides is 1. The highest BCUT2D eigenvalue weighted by Gasteiger charge is 2.18. The maximum atomic E-state index is 11.7. The van der Waals surface area contributed by atoms with Crippen LogP contribution >= 0.6 is 0 Å². The van der Waals surface area contributed by atoms with E-state index < -0.39 is 5.97 Å². The lowest BCUT2D eigenvalue weighted by Gasteiger charge is -2.15. The molecule has 0 bridgehead atoms. The highest BCUT2D eigenvalue weighted by Crippen LogP contribution is 2.27. The highest BCUT2D eigenvalue weighted by atomic mass is 16.4. The molecule has 110 valence electrons. The first-order chi connectivity index (χ1) is 9.11. The summed E-state index contributed by atoms with van der Waals surface area (Å²) in [5.41, 5.74) is 0. The molecule has 1 aliphatic carbocycles. The number of carbonyl (C=O) groups excluding carboxylic acids is 1. The van der Waals surface area contributed by atoms with Crippen LogP contribution in [0.4, 0.5) is 0 Å². The zero-order chi connectivity index (χ0) is 14.1. The SMILES string of the molecule is CCC(CCNC(=O)CC1CCCC1)CCC(=O)O. The van der Waals surface area contributed by atoms with Crippen LogP contribution in [0.2, 0.25) is 0 Å². The van der Waals surface area contributed by atoms with Gasteiger partial charge in [-0.1, -0.05) is 26.2 Å². The summed E-state index contributed by atoms with van der Waals surface area (Å²) in [4.78, 5) is 22.3. The predicted octanol–water partition coefficient (Wildman–Crippen LogP) is 2.96. The first-order valence-corrected chi connectivity index (χ1v) is 7.60. The van der Waals surface area contributed by atoms with E-state index in [0.29, 0.717) is 31.2 Å². The lowest BCUT2D eigenvalue weighted by molar-refractivity contribution is -0.137. The molecule has 2 N–H and O–H groups in total. The van der Waals surface area contributed by atoms with E-state index >= 15 is 0 Å². The van der Waals surface area contributed by atoms with Gasteiger partial charge in [-0.3, -0.25) is 9.59 Å². The van der Waals surface area contributed by atoms with E-state index in [9.17, 15) is 9.59 Å². The van der Waals surface area contributed by atoms with E-state index in [2.05, 4.69) is 12.2 Å². The summed E-state index contributed by atoms with van der Waals surface area (Å²) in [6, 6.07) is 0. The van der Waals surface area contributed by atoms with E-state index in [0.717, 1.165) is 12.8 Å². The van der Waals surface area contributed by atoms with Gasteiger partial charge in [-0.25, -0.2) is 0 Å². The number of hydrogen-bond acceptors (Lipinski definition) is 2. The largest absolute Gasteiger partial charge is 0.481 e. The molecule has 19 heavy (non-hydrogen) atoms. The predicted molar refractivity (Wildman–Crippen MR) is 74.9 cm³/mol. The molecule has 1 unspecified atom stereocenters. The van der Waals surface area contributed by atoms with Crippen LogP contribution in [-0.4, -0.2) is 23.5 Å². The van der Waals surface area contributed by atoms with Gasteiger partial charge in [-0.05, 0) is 37.5 Å². The molecule has 0 aliphatic heterocycles. The number of hydrogen-bond donors (Lipinski definition) is 2. The zero-order valence-electron chi connectivity index (χ0n) is 12.0. The molecular weight excluding hydrogens is 242 g/mol. The second-order valence-electron chi connectivity index (χ2n) is 5.70. The zero-order valence-corrected chi connectivity index (χ0v) is 12.0. The molecule has 1 fully saturated rings. The molecule has 0 aromatic heterocycles. The van der Waals surface area contributed by atoms with E-state index in [1.54, 1.807) is 0 Å². The fourth-order valence-electron chi connectivity index (χ4n) is 2.84. The monoisotopic (exact) mass is 269 g/mol. The Bertz CT molecular complexity index is 285. The minimum atomic E-state index is -0.733. The Balaban J connectivity index is 2.09. The van der Waals surface area contributed by atoms with Gasteiger partial charge in [0.2, 0.25) is 5.91 Å². The number of rotatable bonds is 9. The average Bonchev–Trinajstić information content (AvgIpc) is 2.86. The highest BCUT2D eigenvalue weighted by molar-refractivity contribution is 5.76. The molecule has 0 aromatic carbocycles. The normalized spacial score (nSPS) is 17.3. The summed E-state index contributed by atoms with van der Waals surface area (Å²) in [6.45, 7) is 2.76. The van der Waals surface area contributed by atoms with Gasteiger partial charge in [-0.2, -0.15) is 0 Å². The van der Waals surface area contributed by atoms with Crippen LogP contribution in [-0.2, 0) is 9.59 Å². The summed E-state index contributed by atoms with van der Waals surface area (Å²) in [7, 11) is 0. The molecule has 1 aliphatic rings. The Hall–Kier alpha value is -1.06. The maximum Gasteiger partial charge on any atom is 0.303 e. The third-order valence-corrected chi connectivity index (χ3v) is 4.17. The van der Waals surface area contributed by atoms with Crippen molar-refractivity contribution in [2.75, 3.05) is 6.54 Å². The van der Waals surface area contributed by atoms with Gasteiger partial charge >= 0.3 is 5.97 Å². The summed E-state index contributed by atoms with van der Waals surface area (Å²) >= 11 is 0. The molecule has 1 amide bonds. The van der Waals surface area contributed by atoms with Crippen LogP contribution in [0.5, 0.6) is 0 Å². The van der Waals surface area contributed by atoms with Gasteiger partial charge in [0, 0.05) is 19.4 Å². The van der Waals surface area contributed by atoms with Crippen molar-refractivity contribution in [3.05, 3.63) is 0 Å². The van der Waals surface area contributed by atoms with Crippen molar-refractivity contribution in [3.63, 3.8) is 0 Å². The molecule has 0 radical (unpaired) electrons. The van der Waals surface area contributed by atoms with Crippen LogP contribution in [0.25, 0.3) is 0 Å². The van der Waals surface area contributed by atoms with Gasteiger partial charge in [0.25, 0.3) is 0 Å². The van der Waals surface area contributed by atoms with Gasteiger partial charge in [0.05, 0.1) is 0 Å². The van der Waals surface area contributed by atoms with Crippen LogP contribution in [0.1, 0.15) is 64.7 Å². The van der Waals surface area contributed by atoms with Gasteiger partial charge in [0.15, 0.2) is 0 Å². The fourth-order valence-corrected chi connectivity index (χ4v) is 2.84. The summed E-state index contributed by atoms with van der Waals surface area (Å²) in [5, 5.41) is 11.6. The molecule has 1 rings (SSSR count). The van der Waals surface area contributed by atoms with Crippen molar-refractivity contribution < 1.29 is 14.7 Å². The van der Waals surface area contributed by atoms with Crippen molar-refractivity contribution in [3.8, 4) is 0 Å². The molecule has 1 atom stereocenters. The molecule has 0 aromatic rings. The van der Waals surface area contributed by atoms with Crippen LogP contribution in [0.3, 0.4) is 0 Å². The van der Waals surface area contributed by atoms with Crippen LogP contribution in [0, 0.1) is 11.8 Å². The second kappa shape index (κ2) is 8.94. The van der Waals surface area contributed by atoms with E-state index in [1.165, 1.54) is 25.7 Å². The molecular formula is C15H27NO3. The number of aliphatic carboxylic acids is 1. The Morgan fingerprint density at radius 3 is 2.53 bits per heavy atom. The van der Waals surface area contributed by atoms with Crippen molar-refractivity contribution in [2.24, 2.45) is 11.8 Å².